The summed E-state index contributed by atoms with van der Waals surface area (Å²) in [5, 5.41) is 17.6. The van der Waals surface area contributed by atoms with E-state index in [4.69, 9.17) is 9.84 Å². The van der Waals surface area contributed by atoms with E-state index in [0.717, 1.165) is 19.3 Å². The highest BCUT2D eigenvalue weighted by molar-refractivity contribution is 5.69. The molecule has 0 bridgehead atoms. The molecule has 1 atom stereocenters. The molecule has 0 aliphatic heterocycles. The molecule has 0 aromatic rings. The first-order chi connectivity index (χ1) is 8.06. The Labute approximate surface area is 101 Å². The van der Waals surface area contributed by atoms with Gasteiger partial charge in [-0.2, -0.15) is 0 Å². The summed E-state index contributed by atoms with van der Waals surface area (Å²) < 4.78 is 9.35. The Bertz CT molecular complexity index is 228. The summed E-state index contributed by atoms with van der Waals surface area (Å²) in [5.41, 5.74) is 0. The van der Waals surface area contributed by atoms with Gasteiger partial charge in [-0.3, -0.25) is 9.59 Å². The van der Waals surface area contributed by atoms with Crippen molar-refractivity contribution in [3.05, 3.63) is 0 Å². The summed E-state index contributed by atoms with van der Waals surface area (Å²) in [5.74, 6) is -1.30. The number of aliphatic carboxylic acids is 1. The fourth-order valence-electron chi connectivity index (χ4n) is 1.24. The molecule has 6 nitrogen and oxygen atoms in total. The van der Waals surface area contributed by atoms with Crippen molar-refractivity contribution in [3.63, 3.8) is 0 Å². The molecule has 6 heteroatoms. The van der Waals surface area contributed by atoms with E-state index < -0.39 is 18.2 Å². The van der Waals surface area contributed by atoms with Crippen LogP contribution >= 0.6 is 0 Å². The second kappa shape index (κ2) is 10.0. The van der Waals surface area contributed by atoms with Crippen LogP contribution in [0.15, 0.2) is 0 Å². The van der Waals surface area contributed by atoms with E-state index in [0.29, 0.717) is 13.0 Å². The SMILES string of the molecule is COC(=O)CC(O)OCCCCCCC(=O)O. The van der Waals surface area contributed by atoms with Crippen molar-refractivity contribution in [3.8, 4) is 0 Å². The van der Waals surface area contributed by atoms with Crippen LogP contribution in [0.2, 0.25) is 0 Å². The third-order valence-electron chi connectivity index (χ3n) is 2.16. The monoisotopic (exact) mass is 248 g/mol. The number of methoxy groups -OCH3 is 1. The molecule has 0 fully saturated rings. The smallest absolute Gasteiger partial charge is 0.310 e. The standard InChI is InChI=1S/C11H20O6/c1-16-10(14)8-11(15)17-7-5-3-2-4-6-9(12)13/h11,15H,2-8H2,1H3,(H,12,13). The lowest BCUT2D eigenvalue weighted by atomic mass is 10.1. The summed E-state index contributed by atoms with van der Waals surface area (Å²) >= 11 is 0. The Hall–Kier alpha value is -1.14. The van der Waals surface area contributed by atoms with Crippen molar-refractivity contribution < 1.29 is 29.3 Å². The second-order valence-corrected chi connectivity index (χ2v) is 3.66. The Morgan fingerprint density at radius 2 is 1.82 bits per heavy atom. The van der Waals surface area contributed by atoms with E-state index in [2.05, 4.69) is 4.74 Å². The topological polar surface area (TPSA) is 93.1 Å². The molecule has 0 aromatic heterocycles. The maximum Gasteiger partial charge on any atom is 0.310 e. The maximum absolute atomic E-state index is 10.7. The van der Waals surface area contributed by atoms with E-state index in [1.54, 1.807) is 0 Å². The molecule has 2 N–H and O–H groups in total. The number of carboxylic acids is 1. The summed E-state index contributed by atoms with van der Waals surface area (Å²) in [6.45, 7) is 0.352. The van der Waals surface area contributed by atoms with E-state index in [1.165, 1.54) is 7.11 Å². The molecule has 0 radical (unpaired) electrons. The molecule has 0 aliphatic carbocycles. The van der Waals surface area contributed by atoms with Crippen LogP contribution in [0, 0.1) is 0 Å². The number of esters is 1. The average molecular weight is 248 g/mol. The lowest BCUT2D eigenvalue weighted by molar-refractivity contribution is -0.156. The van der Waals surface area contributed by atoms with Gasteiger partial charge in [-0.15, -0.1) is 0 Å². The predicted molar refractivity (Wildman–Crippen MR) is 59.3 cm³/mol. The van der Waals surface area contributed by atoms with Crippen LogP contribution < -0.4 is 0 Å². The zero-order valence-electron chi connectivity index (χ0n) is 10.1. The number of carbonyl (C=O) groups is 2. The molecular formula is C11H20O6. The number of hydrogen-bond donors (Lipinski definition) is 2. The lowest BCUT2D eigenvalue weighted by Crippen LogP contribution is -2.18. The third kappa shape index (κ3) is 11.1. The van der Waals surface area contributed by atoms with Gasteiger partial charge in [0.25, 0.3) is 0 Å². The van der Waals surface area contributed by atoms with Crippen LogP contribution in [0.3, 0.4) is 0 Å². The number of carboxylic acid groups (broad SMARTS) is 1. The molecule has 0 spiro atoms. The van der Waals surface area contributed by atoms with E-state index in [9.17, 15) is 14.7 Å². The highest BCUT2D eigenvalue weighted by Crippen LogP contribution is 2.04. The summed E-state index contributed by atoms with van der Waals surface area (Å²) in [4.78, 5) is 20.9. The van der Waals surface area contributed by atoms with Gasteiger partial charge in [-0.25, -0.2) is 0 Å². The molecule has 0 aliphatic rings. The summed E-state index contributed by atoms with van der Waals surface area (Å²) in [6.07, 6.45) is 1.95. The van der Waals surface area contributed by atoms with Gasteiger partial charge in [-0.1, -0.05) is 12.8 Å². The summed E-state index contributed by atoms with van der Waals surface area (Å²) in [6, 6.07) is 0. The van der Waals surface area contributed by atoms with Crippen molar-refractivity contribution in [2.75, 3.05) is 13.7 Å². The first-order valence-electron chi connectivity index (χ1n) is 5.64. The lowest BCUT2D eigenvalue weighted by Gasteiger charge is -2.10. The first kappa shape index (κ1) is 15.9. The van der Waals surface area contributed by atoms with Crippen LogP contribution in [0.25, 0.3) is 0 Å². The molecule has 17 heavy (non-hydrogen) atoms. The quantitative estimate of drug-likeness (QED) is 0.339. The van der Waals surface area contributed by atoms with E-state index in [-0.39, 0.29) is 12.8 Å². The van der Waals surface area contributed by atoms with Crippen LogP contribution in [-0.2, 0) is 19.1 Å². The minimum absolute atomic E-state index is 0.171. The van der Waals surface area contributed by atoms with Gasteiger partial charge >= 0.3 is 11.9 Å². The zero-order chi connectivity index (χ0) is 13.1. The predicted octanol–water partition coefficient (Wildman–Crippen LogP) is 0.920. The molecule has 0 saturated carbocycles. The first-order valence-corrected chi connectivity index (χ1v) is 5.64. The van der Waals surface area contributed by atoms with E-state index >= 15 is 0 Å². The van der Waals surface area contributed by atoms with Crippen molar-refractivity contribution in [1.82, 2.24) is 0 Å². The van der Waals surface area contributed by atoms with Gasteiger partial charge in [-0.05, 0) is 12.8 Å². The summed E-state index contributed by atoms with van der Waals surface area (Å²) in [7, 11) is 1.25. The molecule has 0 saturated heterocycles. The Balaban J connectivity index is 3.27. The third-order valence-corrected chi connectivity index (χ3v) is 2.16. The van der Waals surface area contributed by atoms with E-state index in [1.807, 2.05) is 0 Å². The zero-order valence-corrected chi connectivity index (χ0v) is 10.1. The molecule has 0 heterocycles. The number of unbranched alkanes of at least 4 members (excludes halogenated alkanes) is 3. The van der Waals surface area contributed by atoms with Crippen LogP contribution in [0.4, 0.5) is 0 Å². The Morgan fingerprint density at radius 3 is 2.41 bits per heavy atom. The molecule has 0 amide bonds. The average Bonchev–Trinajstić information content (AvgIpc) is 2.27. The van der Waals surface area contributed by atoms with Gasteiger partial charge in [0.15, 0.2) is 6.29 Å². The molecule has 100 valence electrons. The number of hydrogen-bond acceptors (Lipinski definition) is 5. The molecule has 0 rings (SSSR count). The van der Waals surface area contributed by atoms with Gasteiger partial charge in [0.05, 0.1) is 13.5 Å². The van der Waals surface area contributed by atoms with Gasteiger partial charge in [0, 0.05) is 13.0 Å². The molecule has 0 aromatic carbocycles. The molecule has 1 unspecified atom stereocenters. The van der Waals surface area contributed by atoms with Crippen LogP contribution in [0.1, 0.15) is 38.5 Å². The number of rotatable bonds is 10. The highest BCUT2D eigenvalue weighted by atomic mass is 16.6. The van der Waals surface area contributed by atoms with Gasteiger partial charge < -0.3 is 19.7 Å². The van der Waals surface area contributed by atoms with Crippen LogP contribution in [0.5, 0.6) is 0 Å². The highest BCUT2D eigenvalue weighted by Gasteiger charge is 2.10. The minimum atomic E-state index is -1.12. The van der Waals surface area contributed by atoms with Crippen molar-refractivity contribution in [1.29, 1.82) is 0 Å². The van der Waals surface area contributed by atoms with Crippen molar-refractivity contribution >= 4 is 11.9 Å². The van der Waals surface area contributed by atoms with Crippen LogP contribution in [-0.4, -0.2) is 42.2 Å². The molecular weight excluding hydrogens is 228 g/mol. The van der Waals surface area contributed by atoms with Gasteiger partial charge in [0.2, 0.25) is 0 Å². The largest absolute Gasteiger partial charge is 0.481 e. The number of aliphatic hydroxyl groups is 1. The fraction of sp³-hybridized carbons (Fsp3) is 0.818. The fourth-order valence-corrected chi connectivity index (χ4v) is 1.24. The Kier molecular flexibility index (Phi) is 9.37. The second-order valence-electron chi connectivity index (χ2n) is 3.66. The Morgan fingerprint density at radius 1 is 1.18 bits per heavy atom. The minimum Gasteiger partial charge on any atom is -0.481 e. The number of carbonyl (C=O) groups excluding carboxylic acids is 1. The number of ether oxygens (including phenoxy) is 2. The van der Waals surface area contributed by atoms with Crippen molar-refractivity contribution in [2.45, 2.75) is 44.8 Å². The normalized spacial score (nSPS) is 12.1. The van der Waals surface area contributed by atoms with Crippen molar-refractivity contribution in [2.24, 2.45) is 0 Å². The maximum atomic E-state index is 10.7. The van der Waals surface area contributed by atoms with Gasteiger partial charge in [0.1, 0.15) is 0 Å². The number of aliphatic hydroxyl groups excluding tert-OH is 1.